The van der Waals surface area contributed by atoms with Gasteiger partial charge in [0.2, 0.25) is 0 Å². The van der Waals surface area contributed by atoms with Crippen LogP contribution in [0.15, 0.2) is 54.6 Å². The lowest BCUT2D eigenvalue weighted by molar-refractivity contribution is -0.935. The molecular weight excluding hydrogens is 370 g/mol. The zero-order chi connectivity index (χ0) is 21.6. The number of methoxy groups -OCH3 is 1. The van der Waals surface area contributed by atoms with Gasteiger partial charge in [-0.15, -0.1) is 0 Å². The maximum Gasteiger partial charge on any atom is 0.118 e. The Hall–Kier alpha value is -1.84. The van der Waals surface area contributed by atoms with Crippen LogP contribution in [0, 0.1) is 5.41 Å². The molecule has 1 N–H and O–H groups in total. The predicted octanol–water partition coefficient (Wildman–Crippen LogP) is 4.70. The van der Waals surface area contributed by atoms with Gasteiger partial charge in [0.1, 0.15) is 12.3 Å². The van der Waals surface area contributed by atoms with Crippen molar-refractivity contribution in [2.75, 3.05) is 20.3 Å². The first-order valence-electron chi connectivity index (χ1n) is 11.5. The van der Waals surface area contributed by atoms with Gasteiger partial charge in [-0.1, -0.05) is 30.3 Å². The van der Waals surface area contributed by atoms with Gasteiger partial charge in [0, 0.05) is 18.6 Å². The van der Waals surface area contributed by atoms with Gasteiger partial charge in [0.15, 0.2) is 0 Å². The number of hydrogen-bond donors (Lipinski definition) is 1. The van der Waals surface area contributed by atoms with Crippen molar-refractivity contribution in [3.05, 3.63) is 65.7 Å². The first-order chi connectivity index (χ1) is 14.3. The summed E-state index contributed by atoms with van der Waals surface area (Å²) in [5.41, 5.74) is 3.10. The molecule has 2 aromatic carbocycles. The molecule has 1 aliphatic heterocycles. The summed E-state index contributed by atoms with van der Waals surface area (Å²) in [5.74, 6) is 0.927. The molecule has 0 saturated carbocycles. The van der Waals surface area contributed by atoms with E-state index in [0.717, 1.165) is 38.2 Å². The van der Waals surface area contributed by atoms with E-state index in [-0.39, 0.29) is 5.60 Å². The summed E-state index contributed by atoms with van der Waals surface area (Å²) >= 11 is 0. The van der Waals surface area contributed by atoms with Crippen LogP contribution in [0.4, 0.5) is 0 Å². The summed E-state index contributed by atoms with van der Waals surface area (Å²) in [6.45, 7) is 12.3. The van der Waals surface area contributed by atoms with Crippen LogP contribution >= 0.6 is 0 Å². The fourth-order valence-electron chi connectivity index (χ4n) is 5.08. The van der Waals surface area contributed by atoms with Crippen molar-refractivity contribution in [3.8, 4) is 5.75 Å². The molecule has 0 bridgehead atoms. The van der Waals surface area contributed by atoms with Gasteiger partial charge in [-0.3, -0.25) is 0 Å². The summed E-state index contributed by atoms with van der Waals surface area (Å²) in [6.07, 6.45) is 4.66. The van der Waals surface area contributed by atoms with Gasteiger partial charge in [0.05, 0.1) is 25.3 Å². The van der Waals surface area contributed by atoms with E-state index in [0.29, 0.717) is 11.5 Å². The van der Waals surface area contributed by atoms with Crippen LogP contribution in [0.25, 0.3) is 0 Å². The smallest absolute Gasteiger partial charge is 0.118 e. The van der Waals surface area contributed by atoms with E-state index < -0.39 is 0 Å². The van der Waals surface area contributed by atoms with Gasteiger partial charge in [0.25, 0.3) is 0 Å². The highest BCUT2D eigenvalue weighted by atomic mass is 16.5. The molecular formula is C27H40NO2+. The van der Waals surface area contributed by atoms with Crippen LogP contribution in [-0.4, -0.2) is 31.9 Å². The monoisotopic (exact) mass is 410 g/mol. The maximum absolute atomic E-state index is 6.11. The van der Waals surface area contributed by atoms with Crippen LogP contribution in [0.2, 0.25) is 0 Å². The number of ether oxygens (including phenoxy) is 2. The molecule has 0 aromatic heterocycles. The van der Waals surface area contributed by atoms with Crippen molar-refractivity contribution < 1.29 is 14.4 Å². The zero-order valence-electron chi connectivity index (χ0n) is 19.5. The minimum Gasteiger partial charge on any atom is -0.497 e. The number of quaternary nitrogens is 1. The van der Waals surface area contributed by atoms with Crippen LogP contribution in [0.3, 0.4) is 0 Å². The number of nitrogens with one attached hydrogen (secondary N) is 1. The molecule has 1 heterocycles. The molecule has 3 rings (SSSR count). The Morgan fingerprint density at radius 1 is 1.00 bits per heavy atom. The Morgan fingerprint density at radius 2 is 1.70 bits per heavy atom. The number of benzene rings is 2. The van der Waals surface area contributed by atoms with E-state index in [1.165, 1.54) is 24.1 Å². The molecule has 0 spiro atoms. The quantitative estimate of drug-likeness (QED) is 0.648. The highest BCUT2D eigenvalue weighted by molar-refractivity contribution is 5.26. The molecule has 30 heavy (non-hydrogen) atoms. The Balaban J connectivity index is 1.73. The molecule has 1 fully saturated rings. The molecule has 0 amide bonds. The third kappa shape index (κ3) is 6.33. The summed E-state index contributed by atoms with van der Waals surface area (Å²) in [6, 6.07) is 20.2. The molecule has 1 saturated heterocycles. The van der Waals surface area contributed by atoms with Crippen molar-refractivity contribution in [1.29, 1.82) is 0 Å². The third-order valence-corrected chi connectivity index (χ3v) is 6.73. The van der Waals surface area contributed by atoms with Crippen molar-refractivity contribution in [2.45, 2.75) is 71.6 Å². The standard InChI is InChI=1S/C27H39NO2/c1-22(2)28(20-24-11-13-25(29-5)14-12-24)17-15-27(16-18-30-26(3,4)21-27)19-23-9-7-6-8-10-23/h6-14,22H,15-21H2,1-5H3/p+1/t27-/m0/s1. The normalized spacial score (nSPS) is 22.1. The molecule has 1 aliphatic rings. The molecule has 0 aliphatic carbocycles. The predicted molar refractivity (Wildman–Crippen MR) is 124 cm³/mol. The van der Waals surface area contributed by atoms with Gasteiger partial charge >= 0.3 is 0 Å². The second-order valence-electron chi connectivity index (χ2n) is 10.0. The summed E-state index contributed by atoms with van der Waals surface area (Å²) in [5, 5.41) is 0. The highest BCUT2D eigenvalue weighted by Crippen LogP contribution is 2.43. The Morgan fingerprint density at radius 3 is 2.30 bits per heavy atom. The second-order valence-corrected chi connectivity index (χ2v) is 10.0. The Kier molecular flexibility index (Phi) is 7.60. The van der Waals surface area contributed by atoms with Crippen molar-refractivity contribution in [3.63, 3.8) is 0 Å². The highest BCUT2D eigenvalue weighted by Gasteiger charge is 2.41. The number of rotatable bonds is 9. The largest absolute Gasteiger partial charge is 0.497 e. The minimum absolute atomic E-state index is 0.0407. The lowest BCUT2D eigenvalue weighted by Gasteiger charge is -2.45. The first-order valence-corrected chi connectivity index (χ1v) is 11.5. The number of hydrogen-bond acceptors (Lipinski definition) is 2. The summed E-state index contributed by atoms with van der Waals surface area (Å²) in [4.78, 5) is 1.65. The molecule has 2 aromatic rings. The molecule has 3 heteroatoms. The van der Waals surface area contributed by atoms with Gasteiger partial charge < -0.3 is 14.4 Å². The Bertz CT molecular complexity index is 769. The fourth-order valence-corrected chi connectivity index (χ4v) is 5.08. The fraction of sp³-hybridized carbons (Fsp3) is 0.556. The molecule has 164 valence electrons. The van der Waals surface area contributed by atoms with E-state index in [4.69, 9.17) is 9.47 Å². The topological polar surface area (TPSA) is 22.9 Å². The average Bonchev–Trinajstić information content (AvgIpc) is 2.71. The van der Waals surface area contributed by atoms with E-state index in [1.807, 2.05) is 0 Å². The van der Waals surface area contributed by atoms with Crippen molar-refractivity contribution in [2.24, 2.45) is 5.41 Å². The average molecular weight is 411 g/mol. The summed E-state index contributed by atoms with van der Waals surface area (Å²) < 4.78 is 11.4. The van der Waals surface area contributed by atoms with Crippen LogP contribution in [0.5, 0.6) is 5.75 Å². The second kappa shape index (κ2) is 9.98. The SMILES string of the molecule is COc1ccc(C[NH+](CC[C@@]2(Cc3ccccc3)CCOC(C)(C)C2)C(C)C)cc1. The van der Waals surface area contributed by atoms with E-state index in [9.17, 15) is 0 Å². The molecule has 3 nitrogen and oxygen atoms in total. The summed E-state index contributed by atoms with van der Waals surface area (Å²) in [7, 11) is 1.72. The van der Waals surface area contributed by atoms with E-state index in [1.54, 1.807) is 12.0 Å². The van der Waals surface area contributed by atoms with Gasteiger partial charge in [-0.05, 0) is 82.2 Å². The van der Waals surface area contributed by atoms with E-state index >= 15 is 0 Å². The van der Waals surface area contributed by atoms with Crippen LogP contribution in [0.1, 0.15) is 58.1 Å². The van der Waals surface area contributed by atoms with Gasteiger partial charge in [-0.2, -0.15) is 0 Å². The van der Waals surface area contributed by atoms with Crippen LogP contribution in [-0.2, 0) is 17.7 Å². The first kappa shape index (κ1) is 22.8. The zero-order valence-corrected chi connectivity index (χ0v) is 19.5. The lowest BCUT2D eigenvalue weighted by Crippen LogP contribution is -3.13. The minimum atomic E-state index is -0.0407. The van der Waals surface area contributed by atoms with E-state index in [2.05, 4.69) is 82.3 Å². The molecule has 2 atom stereocenters. The molecule has 0 radical (unpaired) electrons. The van der Waals surface area contributed by atoms with Crippen LogP contribution < -0.4 is 9.64 Å². The van der Waals surface area contributed by atoms with Crippen molar-refractivity contribution in [1.82, 2.24) is 0 Å². The Labute approximate surface area is 183 Å². The van der Waals surface area contributed by atoms with Gasteiger partial charge in [-0.25, -0.2) is 0 Å². The lowest BCUT2D eigenvalue weighted by atomic mass is 9.68. The molecule has 1 unspecified atom stereocenters. The van der Waals surface area contributed by atoms with Crippen molar-refractivity contribution >= 4 is 0 Å². The maximum atomic E-state index is 6.11. The third-order valence-electron chi connectivity index (χ3n) is 6.73.